The van der Waals surface area contributed by atoms with E-state index in [9.17, 15) is 8.42 Å². The Morgan fingerprint density at radius 2 is 2.17 bits per heavy atom. The van der Waals surface area contributed by atoms with Gasteiger partial charge in [-0.1, -0.05) is 30.3 Å². The molecule has 1 fully saturated rings. The zero-order valence-electron chi connectivity index (χ0n) is 13.8. The second kappa shape index (κ2) is 7.46. The summed E-state index contributed by atoms with van der Waals surface area (Å²) in [6, 6.07) is 9.01. The summed E-state index contributed by atoms with van der Waals surface area (Å²) in [5, 5.41) is 0. The van der Waals surface area contributed by atoms with E-state index >= 15 is 0 Å². The monoisotopic (exact) mass is 349 g/mol. The molecule has 0 unspecified atom stereocenters. The number of sulfonamides is 1. The number of aryl methyl sites for hydroxylation is 1. The van der Waals surface area contributed by atoms with Crippen LogP contribution in [-0.2, 0) is 21.8 Å². The highest BCUT2D eigenvalue weighted by Gasteiger charge is 2.26. The summed E-state index contributed by atoms with van der Waals surface area (Å²) in [6.45, 7) is 0.734. The van der Waals surface area contributed by atoms with E-state index in [2.05, 4.69) is 9.71 Å². The average molecular weight is 349 g/mol. The van der Waals surface area contributed by atoms with Crippen molar-refractivity contribution in [3.8, 4) is 0 Å². The molecule has 1 aromatic carbocycles. The Morgan fingerprint density at radius 1 is 1.38 bits per heavy atom. The predicted molar refractivity (Wildman–Crippen MR) is 92.0 cm³/mol. The molecule has 24 heavy (non-hydrogen) atoms. The number of hydrogen-bond donors (Lipinski definition) is 1. The Balaban J connectivity index is 1.77. The number of aromatic nitrogens is 2. The molecule has 1 aromatic heterocycles. The number of hydrogen-bond acceptors (Lipinski definition) is 4. The van der Waals surface area contributed by atoms with Gasteiger partial charge >= 0.3 is 0 Å². The van der Waals surface area contributed by atoms with E-state index in [0.29, 0.717) is 12.2 Å². The fraction of sp³-hybridized carbons (Fsp3) is 0.471. The molecule has 1 N–H and O–H groups in total. The number of nitrogens with one attached hydrogen (secondary N) is 1. The molecule has 3 rings (SSSR count). The van der Waals surface area contributed by atoms with Gasteiger partial charge in [-0.2, -0.15) is 0 Å². The first-order chi connectivity index (χ1) is 11.6. The second-order valence-corrected chi connectivity index (χ2v) is 7.97. The summed E-state index contributed by atoms with van der Waals surface area (Å²) in [4.78, 5) is 4.33. The highest BCUT2D eigenvalue weighted by atomic mass is 32.2. The molecular formula is C17H23N3O3S. The SMILES string of the molecule is Cn1ccnc1[C@@H](NS(=O)(=O)CC[C@H]1CCCO1)c1ccccc1. The molecule has 130 valence electrons. The second-order valence-electron chi connectivity index (χ2n) is 6.10. The summed E-state index contributed by atoms with van der Waals surface area (Å²) >= 11 is 0. The zero-order chi connectivity index (χ0) is 17.0. The Hall–Kier alpha value is -1.70. The number of benzene rings is 1. The van der Waals surface area contributed by atoms with Gasteiger partial charge < -0.3 is 9.30 Å². The van der Waals surface area contributed by atoms with E-state index in [4.69, 9.17) is 4.74 Å². The van der Waals surface area contributed by atoms with Crippen LogP contribution in [0.3, 0.4) is 0 Å². The average Bonchev–Trinajstić information content (AvgIpc) is 3.23. The molecule has 2 heterocycles. The van der Waals surface area contributed by atoms with Crippen LogP contribution in [-0.4, -0.2) is 36.4 Å². The van der Waals surface area contributed by atoms with Crippen molar-refractivity contribution in [3.63, 3.8) is 0 Å². The third kappa shape index (κ3) is 4.23. The van der Waals surface area contributed by atoms with Gasteiger partial charge in [-0.05, 0) is 24.8 Å². The van der Waals surface area contributed by atoms with Crippen LogP contribution in [0.5, 0.6) is 0 Å². The minimum Gasteiger partial charge on any atom is -0.378 e. The molecule has 1 aliphatic rings. The van der Waals surface area contributed by atoms with Gasteiger partial charge in [0.15, 0.2) is 0 Å². The number of ether oxygens (including phenoxy) is 1. The van der Waals surface area contributed by atoms with Crippen LogP contribution in [0.1, 0.15) is 36.7 Å². The van der Waals surface area contributed by atoms with Crippen molar-refractivity contribution in [1.29, 1.82) is 0 Å². The Kier molecular flexibility index (Phi) is 5.33. The fourth-order valence-electron chi connectivity index (χ4n) is 2.97. The first kappa shape index (κ1) is 17.1. The van der Waals surface area contributed by atoms with Gasteiger partial charge in [0.2, 0.25) is 10.0 Å². The van der Waals surface area contributed by atoms with Gasteiger partial charge in [-0.25, -0.2) is 18.1 Å². The molecular weight excluding hydrogens is 326 g/mol. The number of imidazole rings is 1. The van der Waals surface area contributed by atoms with E-state index in [1.807, 2.05) is 48.1 Å². The van der Waals surface area contributed by atoms with Gasteiger partial charge in [0.1, 0.15) is 11.9 Å². The molecule has 2 aromatic rings. The summed E-state index contributed by atoms with van der Waals surface area (Å²) in [7, 11) is -1.58. The molecule has 0 saturated carbocycles. The molecule has 0 aliphatic carbocycles. The predicted octanol–water partition coefficient (Wildman–Crippen LogP) is 2.00. The van der Waals surface area contributed by atoms with Crippen LogP contribution < -0.4 is 4.72 Å². The summed E-state index contributed by atoms with van der Waals surface area (Å²) in [6.07, 6.45) is 6.02. The standard InChI is InChI=1S/C17H23N3O3S/c1-20-11-10-18-17(20)16(14-6-3-2-4-7-14)19-24(21,22)13-9-15-8-5-12-23-15/h2-4,6-7,10-11,15-16,19H,5,8-9,12-13H2,1H3/t15-,16+/m1/s1. The minimum atomic E-state index is -3.44. The normalized spacial score (nSPS) is 19.5. The quantitative estimate of drug-likeness (QED) is 0.830. The molecule has 1 aliphatic heterocycles. The lowest BCUT2D eigenvalue weighted by atomic mass is 10.1. The molecule has 7 heteroatoms. The van der Waals surface area contributed by atoms with Gasteiger partial charge in [0.25, 0.3) is 0 Å². The maximum absolute atomic E-state index is 12.6. The van der Waals surface area contributed by atoms with Crippen molar-refractivity contribution in [3.05, 3.63) is 54.1 Å². The number of nitrogens with zero attached hydrogens (tertiary/aromatic N) is 2. The van der Waals surface area contributed by atoms with Crippen LogP contribution in [0.25, 0.3) is 0 Å². The van der Waals surface area contributed by atoms with E-state index in [0.717, 1.165) is 25.0 Å². The molecule has 1 saturated heterocycles. The van der Waals surface area contributed by atoms with Gasteiger partial charge in [0.05, 0.1) is 11.9 Å². The van der Waals surface area contributed by atoms with Crippen molar-refractivity contribution >= 4 is 10.0 Å². The zero-order valence-corrected chi connectivity index (χ0v) is 14.6. The van der Waals surface area contributed by atoms with Crippen molar-refractivity contribution < 1.29 is 13.2 Å². The van der Waals surface area contributed by atoms with Crippen LogP contribution >= 0.6 is 0 Å². The van der Waals surface area contributed by atoms with Crippen molar-refractivity contribution in [2.45, 2.75) is 31.4 Å². The van der Waals surface area contributed by atoms with Gasteiger partial charge in [-0.15, -0.1) is 0 Å². The van der Waals surface area contributed by atoms with E-state index in [1.165, 1.54) is 0 Å². The van der Waals surface area contributed by atoms with Gasteiger partial charge in [0, 0.05) is 26.0 Å². The lowest BCUT2D eigenvalue weighted by Gasteiger charge is -2.19. The van der Waals surface area contributed by atoms with E-state index in [-0.39, 0.29) is 11.9 Å². The van der Waals surface area contributed by atoms with Crippen LogP contribution in [0, 0.1) is 0 Å². The Bertz CT molecular complexity index is 752. The molecule has 0 spiro atoms. The summed E-state index contributed by atoms with van der Waals surface area (Å²) < 4.78 is 35.3. The number of rotatable bonds is 7. The highest BCUT2D eigenvalue weighted by Crippen LogP contribution is 2.22. The Morgan fingerprint density at radius 3 is 2.79 bits per heavy atom. The van der Waals surface area contributed by atoms with Crippen molar-refractivity contribution in [2.75, 3.05) is 12.4 Å². The molecule has 6 nitrogen and oxygen atoms in total. The summed E-state index contributed by atoms with van der Waals surface area (Å²) in [5.41, 5.74) is 0.868. The lowest BCUT2D eigenvalue weighted by Crippen LogP contribution is -2.33. The third-order valence-corrected chi connectivity index (χ3v) is 5.65. The van der Waals surface area contributed by atoms with E-state index < -0.39 is 16.1 Å². The lowest BCUT2D eigenvalue weighted by molar-refractivity contribution is 0.109. The fourth-order valence-corrected chi connectivity index (χ4v) is 4.26. The molecule has 2 atom stereocenters. The molecule has 0 bridgehead atoms. The molecule has 0 radical (unpaired) electrons. The Labute approximate surface area is 142 Å². The first-order valence-electron chi connectivity index (χ1n) is 8.19. The van der Waals surface area contributed by atoms with Crippen LogP contribution in [0.2, 0.25) is 0 Å². The van der Waals surface area contributed by atoms with Crippen LogP contribution in [0.4, 0.5) is 0 Å². The van der Waals surface area contributed by atoms with Gasteiger partial charge in [-0.3, -0.25) is 0 Å². The third-order valence-electron chi connectivity index (χ3n) is 4.28. The minimum absolute atomic E-state index is 0.0601. The smallest absolute Gasteiger partial charge is 0.212 e. The largest absolute Gasteiger partial charge is 0.378 e. The maximum atomic E-state index is 12.6. The summed E-state index contributed by atoms with van der Waals surface area (Å²) in [5.74, 6) is 0.729. The van der Waals surface area contributed by atoms with Crippen molar-refractivity contribution in [1.82, 2.24) is 14.3 Å². The topological polar surface area (TPSA) is 73.2 Å². The first-order valence-corrected chi connectivity index (χ1v) is 9.84. The molecule has 0 amide bonds. The van der Waals surface area contributed by atoms with Crippen molar-refractivity contribution in [2.24, 2.45) is 7.05 Å². The maximum Gasteiger partial charge on any atom is 0.212 e. The van der Waals surface area contributed by atoms with E-state index in [1.54, 1.807) is 6.20 Å². The highest BCUT2D eigenvalue weighted by molar-refractivity contribution is 7.89. The van der Waals surface area contributed by atoms with Crippen LogP contribution in [0.15, 0.2) is 42.7 Å².